The lowest BCUT2D eigenvalue weighted by molar-refractivity contribution is -0.224. The molecule has 2 N–H and O–H groups in total. The van der Waals surface area contributed by atoms with Crippen LogP contribution in [-0.2, 0) is 24.8 Å². The van der Waals surface area contributed by atoms with Gasteiger partial charge in [0, 0.05) is 0 Å². The highest BCUT2D eigenvalue weighted by Gasteiger charge is 2.54. The van der Waals surface area contributed by atoms with E-state index in [1.165, 1.54) is 19.4 Å². The molecular formula is C8H8N2O5. The fraction of sp³-hybridized carbons (Fsp3) is 0.375. The normalized spacial score (nSPS) is 20.9. The van der Waals surface area contributed by atoms with Gasteiger partial charge in [-0.15, -0.1) is 0 Å². The first kappa shape index (κ1) is 9.66. The summed E-state index contributed by atoms with van der Waals surface area (Å²) in [6.07, 6.45) is 1.42. The minimum Gasteiger partial charge on any atom is -0.405 e. The predicted molar refractivity (Wildman–Crippen MR) is 44.1 cm³/mol. The van der Waals surface area contributed by atoms with Gasteiger partial charge in [-0.3, -0.25) is 0 Å². The second-order valence-electron chi connectivity index (χ2n) is 3.09. The highest BCUT2D eigenvalue weighted by molar-refractivity contribution is 6.31. The van der Waals surface area contributed by atoms with Crippen LogP contribution in [0.4, 0.5) is 0 Å². The third-order valence-electron chi connectivity index (χ3n) is 2.08. The van der Waals surface area contributed by atoms with Gasteiger partial charge in [-0.25, -0.2) is 14.6 Å². The average Bonchev–Trinajstić information content (AvgIpc) is 2.75. The molecule has 1 unspecified atom stereocenters. The fourth-order valence-electron chi connectivity index (χ4n) is 1.33. The second kappa shape index (κ2) is 3.06. The second-order valence-corrected chi connectivity index (χ2v) is 3.09. The van der Waals surface area contributed by atoms with Crippen molar-refractivity contribution >= 4 is 11.9 Å². The van der Waals surface area contributed by atoms with Crippen molar-refractivity contribution in [3.8, 4) is 0 Å². The molecule has 1 aliphatic heterocycles. The summed E-state index contributed by atoms with van der Waals surface area (Å²) in [5, 5.41) is 9.51. The Hall–Kier alpha value is -1.89. The number of aromatic amines is 1. The number of ether oxygens (including phenoxy) is 2. The van der Waals surface area contributed by atoms with E-state index < -0.39 is 23.8 Å². The number of imidazole rings is 1. The van der Waals surface area contributed by atoms with Gasteiger partial charge >= 0.3 is 17.7 Å². The molecule has 7 nitrogen and oxygen atoms in total. The molecule has 0 amide bonds. The summed E-state index contributed by atoms with van der Waals surface area (Å²) in [5.74, 6) is -4.07. The standard InChI is InChI=1S/C8H8N2O5/c1-4(11)8(5-2-9-3-10-5)14-6(12)7(13)15-8/h2-4,11H,1H3,(H,9,10). The van der Waals surface area contributed by atoms with Crippen LogP contribution in [0.25, 0.3) is 0 Å². The van der Waals surface area contributed by atoms with Crippen LogP contribution in [0.3, 0.4) is 0 Å². The van der Waals surface area contributed by atoms with Crippen LogP contribution in [-0.4, -0.2) is 33.1 Å². The molecular weight excluding hydrogens is 204 g/mol. The molecule has 1 fully saturated rings. The van der Waals surface area contributed by atoms with Crippen LogP contribution in [0.5, 0.6) is 0 Å². The number of aromatic nitrogens is 2. The van der Waals surface area contributed by atoms with Crippen molar-refractivity contribution in [2.45, 2.75) is 18.8 Å². The Kier molecular flexibility index (Phi) is 1.97. The summed E-state index contributed by atoms with van der Waals surface area (Å²) < 4.78 is 9.47. The monoisotopic (exact) mass is 212 g/mol. The smallest absolute Gasteiger partial charge is 0.405 e. The van der Waals surface area contributed by atoms with Gasteiger partial charge in [0.25, 0.3) is 0 Å². The highest BCUT2D eigenvalue weighted by atomic mass is 16.8. The third-order valence-corrected chi connectivity index (χ3v) is 2.08. The molecule has 0 aromatic carbocycles. The first-order chi connectivity index (χ1) is 7.06. The number of esters is 2. The molecule has 1 aromatic rings. The first-order valence-corrected chi connectivity index (χ1v) is 4.19. The summed E-state index contributed by atoms with van der Waals surface area (Å²) in [6, 6.07) is 0. The number of cyclic esters (lactones) is 2. The van der Waals surface area contributed by atoms with Gasteiger partial charge in [0.15, 0.2) is 0 Å². The maximum absolute atomic E-state index is 10.9. The van der Waals surface area contributed by atoms with E-state index in [-0.39, 0.29) is 5.69 Å². The SMILES string of the molecule is CC(O)C1(c2cnc[nH]2)OC(=O)C(=O)O1. The molecule has 1 aliphatic rings. The summed E-state index contributed by atoms with van der Waals surface area (Å²) in [4.78, 5) is 28.2. The van der Waals surface area contributed by atoms with Gasteiger partial charge in [-0.2, -0.15) is 0 Å². The Balaban J connectivity index is 2.44. The molecule has 1 aromatic heterocycles. The summed E-state index contributed by atoms with van der Waals surface area (Å²) >= 11 is 0. The summed E-state index contributed by atoms with van der Waals surface area (Å²) in [6.45, 7) is 1.34. The molecule has 0 radical (unpaired) electrons. The van der Waals surface area contributed by atoms with Crippen molar-refractivity contribution in [3.05, 3.63) is 18.2 Å². The fourth-order valence-corrected chi connectivity index (χ4v) is 1.33. The lowest BCUT2D eigenvalue weighted by Crippen LogP contribution is -2.39. The Labute approximate surface area is 84.0 Å². The molecule has 2 rings (SSSR count). The van der Waals surface area contributed by atoms with E-state index in [2.05, 4.69) is 9.97 Å². The van der Waals surface area contributed by atoms with Crippen molar-refractivity contribution in [2.24, 2.45) is 0 Å². The number of hydrogen-bond acceptors (Lipinski definition) is 6. The third kappa shape index (κ3) is 1.28. The van der Waals surface area contributed by atoms with Gasteiger partial charge in [0.2, 0.25) is 0 Å². The summed E-state index contributed by atoms with van der Waals surface area (Å²) in [5.41, 5.74) is 0.205. The first-order valence-electron chi connectivity index (χ1n) is 4.19. The number of nitrogens with one attached hydrogen (secondary N) is 1. The molecule has 1 saturated heterocycles. The van der Waals surface area contributed by atoms with Crippen molar-refractivity contribution in [1.82, 2.24) is 9.97 Å². The lowest BCUT2D eigenvalue weighted by Gasteiger charge is -2.26. The van der Waals surface area contributed by atoms with E-state index in [1.807, 2.05) is 0 Å². The Morgan fingerprint density at radius 3 is 2.47 bits per heavy atom. The van der Waals surface area contributed by atoms with E-state index in [0.717, 1.165) is 0 Å². The molecule has 0 spiro atoms. The number of rotatable bonds is 2. The van der Waals surface area contributed by atoms with Crippen LogP contribution in [0.1, 0.15) is 12.6 Å². The zero-order chi connectivity index (χ0) is 11.1. The van der Waals surface area contributed by atoms with Gasteiger partial charge in [0.05, 0.1) is 12.5 Å². The number of carbonyl (C=O) groups is 2. The van der Waals surface area contributed by atoms with E-state index in [1.54, 1.807) is 0 Å². The molecule has 0 bridgehead atoms. The van der Waals surface area contributed by atoms with E-state index >= 15 is 0 Å². The average molecular weight is 212 g/mol. The molecule has 1 atom stereocenters. The topological polar surface area (TPSA) is 102 Å². The van der Waals surface area contributed by atoms with E-state index in [4.69, 9.17) is 9.47 Å². The number of carbonyl (C=O) groups excluding carboxylic acids is 2. The molecule has 80 valence electrons. The number of aliphatic hydroxyl groups excluding tert-OH is 1. The summed E-state index contributed by atoms with van der Waals surface area (Å²) in [7, 11) is 0. The van der Waals surface area contributed by atoms with E-state index in [9.17, 15) is 14.7 Å². The predicted octanol–water partition coefficient (Wildman–Crippen LogP) is -0.957. The molecule has 0 saturated carbocycles. The number of hydrogen-bond donors (Lipinski definition) is 2. The highest BCUT2D eigenvalue weighted by Crippen LogP contribution is 2.34. The molecule has 7 heteroatoms. The van der Waals surface area contributed by atoms with Crippen molar-refractivity contribution in [2.75, 3.05) is 0 Å². The number of H-pyrrole nitrogens is 1. The van der Waals surface area contributed by atoms with Gasteiger partial charge in [-0.05, 0) is 6.92 Å². The minimum atomic E-state index is -1.80. The van der Waals surface area contributed by atoms with Crippen LogP contribution in [0.2, 0.25) is 0 Å². The Morgan fingerprint density at radius 1 is 1.47 bits per heavy atom. The number of aliphatic hydroxyl groups is 1. The quantitative estimate of drug-likeness (QED) is 0.483. The van der Waals surface area contributed by atoms with Crippen LogP contribution in [0.15, 0.2) is 12.5 Å². The zero-order valence-corrected chi connectivity index (χ0v) is 7.76. The van der Waals surface area contributed by atoms with Crippen molar-refractivity contribution in [1.29, 1.82) is 0 Å². The number of nitrogens with zero attached hydrogens (tertiary/aromatic N) is 1. The van der Waals surface area contributed by atoms with Crippen LogP contribution >= 0.6 is 0 Å². The van der Waals surface area contributed by atoms with E-state index in [0.29, 0.717) is 0 Å². The maximum Gasteiger partial charge on any atom is 0.421 e. The largest absolute Gasteiger partial charge is 0.421 e. The van der Waals surface area contributed by atoms with Crippen LogP contribution in [0, 0.1) is 0 Å². The van der Waals surface area contributed by atoms with Crippen molar-refractivity contribution < 1.29 is 24.2 Å². The Morgan fingerprint density at radius 2 is 2.07 bits per heavy atom. The van der Waals surface area contributed by atoms with Crippen LogP contribution < -0.4 is 0 Å². The van der Waals surface area contributed by atoms with Gasteiger partial charge < -0.3 is 19.6 Å². The molecule has 2 heterocycles. The molecule has 15 heavy (non-hydrogen) atoms. The maximum atomic E-state index is 10.9. The Bertz CT molecular complexity index is 381. The zero-order valence-electron chi connectivity index (χ0n) is 7.76. The van der Waals surface area contributed by atoms with Gasteiger partial charge in [-0.1, -0.05) is 0 Å². The molecule has 0 aliphatic carbocycles. The van der Waals surface area contributed by atoms with Crippen molar-refractivity contribution in [3.63, 3.8) is 0 Å². The lowest BCUT2D eigenvalue weighted by atomic mass is 10.1. The van der Waals surface area contributed by atoms with Gasteiger partial charge in [0.1, 0.15) is 11.8 Å². The minimum absolute atomic E-state index is 0.205.